The Morgan fingerprint density at radius 3 is 3.04 bits per heavy atom. The molecule has 1 aromatic rings. The zero-order valence-corrected chi connectivity index (χ0v) is 14.0. The lowest BCUT2D eigenvalue weighted by Gasteiger charge is -2.26. The van der Waals surface area contributed by atoms with Crippen molar-refractivity contribution in [2.75, 3.05) is 32.9 Å². The van der Waals surface area contributed by atoms with Crippen molar-refractivity contribution < 1.29 is 17.9 Å². The van der Waals surface area contributed by atoms with E-state index in [1.807, 2.05) is 13.0 Å². The summed E-state index contributed by atoms with van der Waals surface area (Å²) in [5, 5.41) is -0.166. The van der Waals surface area contributed by atoms with Crippen LogP contribution < -0.4 is 4.74 Å². The Kier molecular flexibility index (Phi) is 3.58. The van der Waals surface area contributed by atoms with Crippen LogP contribution in [-0.2, 0) is 14.8 Å². The number of fused-ring (bicyclic) bond motifs is 1. The third-order valence-electron chi connectivity index (χ3n) is 5.06. The van der Waals surface area contributed by atoms with Crippen molar-refractivity contribution in [1.82, 2.24) is 14.3 Å². The van der Waals surface area contributed by atoms with E-state index in [0.29, 0.717) is 38.9 Å². The van der Waals surface area contributed by atoms with E-state index in [-0.39, 0.29) is 16.6 Å². The number of aromatic nitrogens is 2. The molecule has 4 rings (SSSR count). The van der Waals surface area contributed by atoms with Gasteiger partial charge in [0.2, 0.25) is 10.0 Å². The Hall–Kier alpha value is -1.25. The van der Waals surface area contributed by atoms with Gasteiger partial charge in [-0.25, -0.2) is 22.7 Å². The number of ether oxygens (including phenoxy) is 2. The first-order valence-corrected chi connectivity index (χ1v) is 9.49. The number of hydrogen-bond donors (Lipinski definition) is 0. The fraction of sp³-hybridized carbons (Fsp3) is 0.733. The van der Waals surface area contributed by atoms with Crippen LogP contribution in [0.15, 0.2) is 12.3 Å². The van der Waals surface area contributed by atoms with E-state index in [2.05, 4.69) is 9.97 Å². The van der Waals surface area contributed by atoms with Gasteiger partial charge in [0.15, 0.2) is 0 Å². The van der Waals surface area contributed by atoms with Gasteiger partial charge >= 0.3 is 6.01 Å². The van der Waals surface area contributed by atoms with Gasteiger partial charge in [0.05, 0.1) is 18.5 Å². The highest BCUT2D eigenvalue weighted by Gasteiger charge is 2.56. The standard InChI is InChI=1S/C15H21N3O4S/c1-11-4-5-16-14(17-11)22-10-15-8-18(6-12(15)7-21-9-15)23(19,20)13-2-3-13/h4-5,12-13H,2-3,6-10H2,1H3/t12-,15+/m0/s1. The third kappa shape index (κ3) is 2.72. The van der Waals surface area contributed by atoms with Crippen LogP contribution in [0.3, 0.4) is 0 Å². The molecule has 7 nitrogen and oxygen atoms in total. The summed E-state index contributed by atoms with van der Waals surface area (Å²) in [6.45, 7) is 4.40. The Balaban J connectivity index is 1.49. The maximum Gasteiger partial charge on any atom is 0.316 e. The summed E-state index contributed by atoms with van der Waals surface area (Å²) in [6, 6.07) is 2.15. The van der Waals surface area contributed by atoms with Gasteiger partial charge in [-0.3, -0.25) is 0 Å². The topological polar surface area (TPSA) is 81.6 Å². The van der Waals surface area contributed by atoms with E-state index >= 15 is 0 Å². The first kappa shape index (κ1) is 15.3. The fourth-order valence-corrected chi connectivity index (χ4v) is 5.44. The smallest absolute Gasteiger partial charge is 0.316 e. The van der Waals surface area contributed by atoms with Crippen molar-refractivity contribution in [3.63, 3.8) is 0 Å². The molecule has 0 N–H and O–H groups in total. The van der Waals surface area contributed by atoms with Crippen LogP contribution in [0.1, 0.15) is 18.5 Å². The van der Waals surface area contributed by atoms with Gasteiger partial charge in [-0.1, -0.05) is 0 Å². The second-order valence-electron chi connectivity index (χ2n) is 6.88. The molecule has 1 aromatic heterocycles. The Bertz CT molecular complexity index is 706. The van der Waals surface area contributed by atoms with Gasteiger partial charge in [-0.15, -0.1) is 0 Å². The minimum absolute atomic E-state index is 0.166. The average Bonchev–Trinajstić information content (AvgIpc) is 3.20. The van der Waals surface area contributed by atoms with Crippen LogP contribution in [0.4, 0.5) is 0 Å². The quantitative estimate of drug-likeness (QED) is 0.781. The molecule has 2 aliphatic heterocycles. The summed E-state index contributed by atoms with van der Waals surface area (Å²) < 4.78 is 38.1. The van der Waals surface area contributed by atoms with E-state index in [4.69, 9.17) is 9.47 Å². The van der Waals surface area contributed by atoms with E-state index < -0.39 is 10.0 Å². The molecule has 1 aliphatic carbocycles. The van der Waals surface area contributed by atoms with E-state index in [0.717, 1.165) is 18.5 Å². The first-order valence-electron chi connectivity index (χ1n) is 7.99. The van der Waals surface area contributed by atoms with Gasteiger partial charge < -0.3 is 9.47 Å². The van der Waals surface area contributed by atoms with Crippen molar-refractivity contribution in [2.24, 2.45) is 11.3 Å². The molecule has 0 radical (unpaired) electrons. The van der Waals surface area contributed by atoms with Gasteiger partial charge in [0, 0.05) is 36.3 Å². The number of rotatable bonds is 5. The SMILES string of the molecule is Cc1ccnc(OC[C@@]23COC[C@@H]2CN(S(=O)(=O)C2CC2)C3)n1. The molecule has 2 atom stereocenters. The second-order valence-corrected chi connectivity index (χ2v) is 9.09. The minimum atomic E-state index is -3.14. The highest BCUT2D eigenvalue weighted by molar-refractivity contribution is 7.90. The zero-order chi connectivity index (χ0) is 16.1. The largest absolute Gasteiger partial charge is 0.463 e. The molecule has 3 fully saturated rings. The monoisotopic (exact) mass is 339 g/mol. The lowest BCUT2D eigenvalue weighted by Crippen LogP contribution is -2.39. The zero-order valence-electron chi connectivity index (χ0n) is 13.1. The van der Waals surface area contributed by atoms with Crippen molar-refractivity contribution >= 4 is 10.0 Å². The molecular weight excluding hydrogens is 318 g/mol. The summed E-state index contributed by atoms with van der Waals surface area (Å²) in [6.07, 6.45) is 3.25. The summed E-state index contributed by atoms with van der Waals surface area (Å²) in [7, 11) is -3.14. The van der Waals surface area contributed by atoms with Crippen LogP contribution in [-0.4, -0.2) is 60.9 Å². The molecule has 3 heterocycles. The van der Waals surface area contributed by atoms with E-state index in [9.17, 15) is 8.42 Å². The summed E-state index contributed by atoms with van der Waals surface area (Å²) in [5.74, 6) is 0.181. The molecule has 0 unspecified atom stereocenters. The molecule has 3 aliphatic rings. The Morgan fingerprint density at radius 2 is 2.30 bits per heavy atom. The molecule has 0 aromatic carbocycles. The lowest BCUT2D eigenvalue weighted by molar-refractivity contribution is 0.0966. The Morgan fingerprint density at radius 1 is 1.48 bits per heavy atom. The molecular formula is C15H21N3O4S. The third-order valence-corrected chi connectivity index (χ3v) is 7.37. The van der Waals surface area contributed by atoms with Crippen molar-refractivity contribution in [3.05, 3.63) is 18.0 Å². The van der Waals surface area contributed by atoms with E-state index in [1.54, 1.807) is 10.5 Å². The maximum absolute atomic E-state index is 12.5. The molecule has 0 amide bonds. The first-order chi connectivity index (χ1) is 11.0. The van der Waals surface area contributed by atoms with Crippen LogP contribution in [0.5, 0.6) is 6.01 Å². The number of aryl methyl sites for hydroxylation is 1. The number of nitrogens with zero attached hydrogens (tertiary/aromatic N) is 3. The molecule has 8 heteroatoms. The van der Waals surface area contributed by atoms with Crippen molar-refractivity contribution in [2.45, 2.75) is 25.0 Å². The number of sulfonamides is 1. The predicted octanol–water partition coefficient (Wildman–Crippen LogP) is 0.604. The fourth-order valence-electron chi connectivity index (χ4n) is 3.46. The van der Waals surface area contributed by atoms with Crippen LogP contribution in [0, 0.1) is 18.3 Å². The second kappa shape index (κ2) is 5.39. The molecule has 23 heavy (non-hydrogen) atoms. The Labute approximate surface area is 136 Å². The van der Waals surface area contributed by atoms with Gasteiger partial charge in [-0.05, 0) is 25.8 Å². The number of hydrogen-bond acceptors (Lipinski definition) is 6. The molecule has 2 saturated heterocycles. The molecule has 126 valence electrons. The molecule has 0 spiro atoms. The van der Waals surface area contributed by atoms with Gasteiger partial charge in [-0.2, -0.15) is 0 Å². The highest BCUT2D eigenvalue weighted by Crippen LogP contribution is 2.44. The van der Waals surface area contributed by atoms with Gasteiger partial charge in [0.25, 0.3) is 0 Å². The maximum atomic E-state index is 12.5. The van der Waals surface area contributed by atoms with Crippen molar-refractivity contribution in [3.8, 4) is 6.01 Å². The molecule has 0 bridgehead atoms. The summed E-state index contributed by atoms with van der Waals surface area (Å²) in [5.41, 5.74) is 0.561. The summed E-state index contributed by atoms with van der Waals surface area (Å²) in [4.78, 5) is 8.36. The minimum Gasteiger partial charge on any atom is -0.463 e. The van der Waals surface area contributed by atoms with Crippen LogP contribution in [0.2, 0.25) is 0 Å². The summed E-state index contributed by atoms with van der Waals surface area (Å²) >= 11 is 0. The van der Waals surface area contributed by atoms with Crippen LogP contribution in [0.25, 0.3) is 0 Å². The highest BCUT2D eigenvalue weighted by atomic mass is 32.2. The normalized spacial score (nSPS) is 31.3. The van der Waals surface area contributed by atoms with Gasteiger partial charge in [0.1, 0.15) is 6.61 Å². The predicted molar refractivity (Wildman–Crippen MR) is 82.5 cm³/mol. The lowest BCUT2D eigenvalue weighted by atomic mass is 9.82. The van der Waals surface area contributed by atoms with E-state index in [1.165, 1.54) is 0 Å². The molecule has 1 saturated carbocycles. The van der Waals surface area contributed by atoms with Crippen molar-refractivity contribution in [1.29, 1.82) is 0 Å². The van der Waals surface area contributed by atoms with Crippen LogP contribution >= 0.6 is 0 Å². The average molecular weight is 339 g/mol.